The number of aromatic nitrogens is 1. The van der Waals surface area contributed by atoms with Crippen LogP contribution in [-0.2, 0) is 6.54 Å². The van der Waals surface area contributed by atoms with Crippen LogP contribution >= 0.6 is 0 Å². The molecule has 1 unspecified atom stereocenters. The monoisotopic (exact) mass is 224 g/mol. The Morgan fingerprint density at radius 2 is 2.25 bits per heavy atom. The van der Waals surface area contributed by atoms with Gasteiger partial charge in [0.05, 0.1) is 12.7 Å². The SMILES string of the molecule is COc1cc(CNC(C)C(C)(C)O)ccn1. The fraction of sp³-hybridized carbons (Fsp3) is 0.583. The van der Waals surface area contributed by atoms with Crippen LogP contribution in [0.3, 0.4) is 0 Å². The van der Waals surface area contributed by atoms with Crippen LogP contribution in [-0.4, -0.2) is 28.8 Å². The van der Waals surface area contributed by atoms with Gasteiger partial charge in [-0.2, -0.15) is 0 Å². The molecule has 0 spiro atoms. The fourth-order valence-corrected chi connectivity index (χ4v) is 1.19. The van der Waals surface area contributed by atoms with Gasteiger partial charge in [-0.25, -0.2) is 4.98 Å². The van der Waals surface area contributed by atoms with Crippen molar-refractivity contribution in [2.45, 2.75) is 39.0 Å². The van der Waals surface area contributed by atoms with E-state index in [0.29, 0.717) is 12.4 Å². The molecule has 2 N–H and O–H groups in total. The lowest BCUT2D eigenvalue weighted by molar-refractivity contribution is 0.0437. The standard InChI is InChI=1S/C12H20N2O2/c1-9(12(2,3)15)14-8-10-5-6-13-11(7-10)16-4/h5-7,9,14-15H,8H2,1-4H3. The van der Waals surface area contributed by atoms with Gasteiger partial charge in [-0.1, -0.05) is 0 Å². The predicted octanol–water partition coefficient (Wildman–Crippen LogP) is 1.34. The summed E-state index contributed by atoms with van der Waals surface area (Å²) in [7, 11) is 1.60. The Bertz CT molecular complexity index is 334. The van der Waals surface area contributed by atoms with E-state index in [-0.39, 0.29) is 6.04 Å². The molecule has 90 valence electrons. The van der Waals surface area contributed by atoms with Crippen LogP contribution in [0.2, 0.25) is 0 Å². The maximum absolute atomic E-state index is 9.77. The molecule has 4 heteroatoms. The number of hydrogen-bond donors (Lipinski definition) is 2. The second-order valence-corrected chi connectivity index (χ2v) is 4.46. The van der Waals surface area contributed by atoms with Crippen molar-refractivity contribution in [3.05, 3.63) is 23.9 Å². The van der Waals surface area contributed by atoms with E-state index in [1.807, 2.05) is 19.1 Å². The van der Waals surface area contributed by atoms with Crippen molar-refractivity contribution in [3.8, 4) is 5.88 Å². The number of aliphatic hydroxyl groups is 1. The van der Waals surface area contributed by atoms with Crippen molar-refractivity contribution in [2.24, 2.45) is 0 Å². The Morgan fingerprint density at radius 3 is 2.81 bits per heavy atom. The molecule has 0 aliphatic heterocycles. The van der Waals surface area contributed by atoms with Crippen LogP contribution in [0.4, 0.5) is 0 Å². The average Bonchev–Trinajstić information content (AvgIpc) is 2.25. The van der Waals surface area contributed by atoms with E-state index in [4.69, 9.17) is 4.74 Å². The van der Waals surface area contributed by atoms with Crippen LogP contribution in [0.5, 0.6) is 5.88 Å². The number of pyridine rings is 1. The van der Waals surface area contributed by atoms with E-state index in [0.717, 1.165) is 5.56 Å². The van der Waals surface area contributed by atoms with Crippen LogP contribution < -0.4 is 10.1 Å². The summed E-state index contributed by atoms with van der Waals surface area (Å²) in [6.45, 7) is 6.22. The van der Waals surface area contributed by atoms with Gasteiger partial charge in [0.25, 0.3) is 0 Å². The molecule has 1 aromatic heterocycles. The molecule has 0 aromatic carbocycles. The smallest absolute Gasteiger partial charge is 0.213 e. The summed E-state index contributed by atoms with van der Waals surface area (Å²) >= 11 is 0. The second kappa shape index (κ2) is 5.27. The zero-order valence-corrected chi connectivity index (χ0v) is 10.3. The summed E-state index contributed by atoms with van der Waals surface area (Å²) in [5.41, 5.74) is 0.361. The van der Waals surface area contributed by atoms with Gasteiger partial charge in [0.15, 0.2) is 0 Å². The lowest BCUT2D eigenvalue weighted by atomic mass is 10.0. The Morgan fingerprint density at radius 1 is 1.56 bits per heavy atom. The molecule has 16 heavy (non-hydrogen) atoms. The summed E-state index contributed by atoms with van der Waals surface area (Å²) in [4.78, 5) is 4.03. The molecule has 0 fully saturated rings. The van der Waals surface area contributed by atoms with Crippen molar-refractivity contribution in [3.63, 3.8) is 0 Å². The van der Waals surface area contributed by atoms with Crippen molar-refractivity contribution in [1.82, 2.24) is 10.3 Å². The predicted molar refractivity (Wildman–Crippen MR) is 63.4 cm³/mol. The Hall–Kier alpha value is -1.13. The highest BCUT2D eigenvalue weighted by molar-refractivity contribution is 5.20. The molecular weight excluding hydrogens is 204 g/mol. The van der Waals surface area contributed by atoms with Crippen LogP contribution in [0, 0.1) is 0 Å². The first kappa shape index (κ1) is 12.9. The Balaban J connectivity index is 2.54. The molecule has 0 saturated carbocycles. The number of rotatable bonds is 5. The number of hydrogen-bond acceptors (Lipinski definition) is 4. The summed E-state index contributed by atoms with van der Waals surface area (Å²) in [6.07, 6.45) is 1.71. The number of nitrogens with one attached hydrogen (secondary N) is 1. The lowest BCUT2D eigenvalue weighted by Crippen LogP contribution is -2.44. The quantitative estimate of drug-likeness (QED) is 0.792. The lowest BCUT2D eigenvalue weighted by Gasteiger charge is -2.26. The van der Waals surface area contributed by atoms with Crippen LogP contribution in [0.25, 0.3) is 0 Å². The third-order valence-corrected chi connectivity index (χ3v) is 2.68. The summed E-state index contributed by atoms with van der Waals surface area (Å²) in [6, 6.07) is 3.82. The topological polar surface area (TPSA) is 54.4 Å². The van der Waals surface area contributed by atoms with Crippen LogP contribution in [0.1, 0.15) is 26.3 Å². The van der Waals surface area contributed by atoms with Gasteiger partial charge >= 0.3 is 0 Å². The fourth-order valence-electron chi connectivity index (χ4n) is 1.19. The van der Waals surface area contributed by atoms with Gasteiger partial charge in [-0.3, -0.25) is 0 Å². The first-order valence-electron chi connectivity index (χ1n) is 5.38. The molecule has 1 aromatic rings. The number of nitrogens with zero attached hydrogens (tertiary/aromatic N) is 1. The summed E-state index contributed by atoms with van der Waals surface area (Å²) in [5, 5.41) is 13.0. The third kappa shape index (κ3) is 3.79. The largest absolute Gasteiger partial charge is 0.481 e. The highest BCUT2D eigenvalue weighted by atomic mass is 16.5. The molecule has 4 nitrogen and oxygen atoms in total. The molecule has 0 amide bonds. The minimum Gasteiger partial charge on any atom is -0.481 e. The minimum atomic E-state index is -0.725. The van der Waals surface area contributed by atoms with Gasteiger partial charge in [0, 0.05) is 24.8 Å². The van der Waals surface area contributed by atoms with Gasteiger partial charge in [-0.05, 0) is 32.4 Å². The highest BCUT2D eigenvalue weighted by Gasteiger charge is 2.21. The first-order valence-corrected chi connectivity index (χ1v) is 5.38. The zero-order chi connectivity index (χ0) is 12.2. The van der Waals surface area contributed by atoms with Crippen molar-refractivity contribution in [1.29, 1.82) is 0 Å². The maximum Gasteiger partial charge on any atom is 0.213 e. The van der Waals surface area contributed by atoms with E-state index < -0.39 is 5.60 Å². The summed E-state index contributed by atoms with van der Waals surface area (Å²) in [5.74, 6) is 0.607. The number of methoxy groups -OCH3 is 1. The molecule has 0 bridgehead atoms. The van der Waals surface area contributed by atoms with Gasteiger partial charge in [0.2, 0.25) is 5.88 Å². The minimum absolute atomic E-state index is 0.0201. The van der Waals surface area contributed by atoms with Gasteiger partial charge in [-0.15, -0.1) is 0 Å². The average molecular weight is 224 g/mol. The van der Waals surface area contributed by atoms with Gasteiger partial charge in [0.1, 0.15) is 0 Å². The van der Waals surface area contributed by atoms with E-state index >= 15 is 0 Å². The van der Waals surface area contributed by atoms with E-state index in [1.165, 1.54) is 0 Å². The summed E-state index contributed by atoms with van der Waals surface area (Å²) < 4.78 is 5.04. The third-order valence-electron chi connectivity index (χ3n) is 2.68. The second-order valence-electron chi connectivity index (χ2n) is 4.46. The first-order chi connectivity index (χ1) is 7.43. The Kier molecular flexibility index (Phi) is 4.26. The molecule has 1 rings (SSSR count). The Labute approximate surface area is 96.7 Å². The van der Waals surface area contributed by atoms with Crippen LogP contribution in [0.15, 0.2) is 18.3 Å². The van der Waals surface area contributed by atoms with Gasteiger partial charge < -0.3 is 15.2 Å². The molecule has 0 aliphatic rings. The molecule has 0 saturated heterocycles. The molecule has 1 heterocycles. The maximum atomic E-state index is 9.77. The van der Waals surface area contributed by atoms with Crippen molar-refractivity contribution in [2.75, 3.05) is 7.11 Å². The molecule has 1 atom stereocenters. The van der Waals surface area contributed by atoms with E-state index in [9.17, 15) is 5.11 Å². The number of ether oxygens (including phenoxy) is 1. The molecule has 0 aliphatic carbocycles. The normalized spacial score (nSPS) is 13.6. The van der Waals surface area contributed by atoms with E-state index in [1.54, 1.807) is 27.2 Å². The zero-order valence-electron chi connectivity index (χ0n) is 10.3. The van der Waals surface area contributed by atoms with Crippen molar-refractivity contribution < 1.29 is 9.84 Å². The van der Waals surface area contributed by atoms with Crippen molar-refractivity contribution >= 4 is 0 Å². The van der Waals surface area contributed by atoms with E-state index in [2.05, 4.69) is 10.3 Å². The molecule has 0 radical (unpaired) electrons. The highest BCUT2D eigenvalue weighted by Crippen LogP contribution is 2.11. The molecular formula is C12H20N2O2.